The van der Waals surface area contributed by atoms with E-state index >= 15 is 0 Å². The Morgan fingerprint density at radius 2 is 1.78 bits per heavy atom. The van der Waals surface area contributed by atoms with Crippen LogP contribution in [-0.4, -0.2) is 25.9 Å². The van der Waals surface area contributed by atoms with Gasteiger partial charge in [0.1, 0.15) is 0 Å². The molecule has 0 amide bonds. The summed E-state index contributed by atoms with van der Waals surface area (Å²) in [6.07, 6.45) is 8.02. The number of hydrogen-bond donors (Lipinski definition) is 1. The predicted octanol–water partition coefficient (Wildman–Crippen LogP) is 5.55. The number of benzene rings is 2. The summed E-state index contributed by atoms with van der Waals surface area (Å²) in [7, 11) is 1.95. The van der Waals surface area contributed by atoms with Crippen LogP contribution in [0.15, 0.2) is 67.1 Å². The minimum atomic E-state index is 0.631. The van der Waals surface area contributed by atoms with Gasteiger partial charge in [-0.1, -0.05) is 30.3 Å². The summed E-state index contributed by atoms with van der Waals surface area (Å²) in [4.78, 5) is 8.48. The molecule has 3 heterocycles. The monoisotopic (exact) mass is 420 g/mol. The van der Waals surface area contributed by atoms with Crippen molar-refractivity contribution < 1.29 is 0 Å². The van der Waals surface area contributed by atoms with E-state index in [0.717, 1.165) is 63.6 Å². The molecule has 0 unspecified atom stereocenters. The van der Waals surface area contributed by atoms with Crippen molar-refractivity contribution in [3.63, 3.8) is 0 Å². The predicted molar refractivity (Wildman–Crippen MR) is 129 cm³/mol. The van der Waals surface area contributed by atoms with E-state index in [4.69, 9.17) is 17.3 Å². The molecule has 0 bridgehead atoms. The average Bonchev–Trinajstić information content (AvgIpc) is 3.42. The molecule has 0 aliphatic rings. The molecule has 0 spiro atoms. The number of fused-ring (bicyclic) bond motifs is 2. The van der Waals surface area contributed by atoms with E-state index in [1.807, 2.05) is 48.4 Å². The minimum absolute atomic E-state index is 0.631. The molecule has 0 fully saturated rings. The second kappa shape index (κ2) is 8.29. The molecule has 6 nitrogen and oxygen atoms in total. The lowest BCUT2D eigenvalue weighted by Crippen LogP contribution is -2.02. The molecular formula is C26H24N6. The summed E-state index contributed by atoms with van der Waals surface area (Å²) in [5.41, 5.74) is 12.6. The molecule has 3 aromatic heterocycles. The first-order chi connectivity index (χ1) is 15.7. The Morgan fingerprint density at radius 3 is 2.56 bits per heavy atom. The molecule has 5 aromatic rings. The molecule has 2 aromatic carbocycles. The largest absolute Gasteiger partial charge is 0.346 e. The fourth-order valence-electron chi connectivity index (χ4n) is 4.30. The topological polar surface area (TPSA) is 66.0 Å². The highest BCUT2D eigenvalue weighted by molar-refractivity contribution is 6.02. The van der Waals surface area contributed by atoms with Gasteiger partial charge in [0, 0.05) is 41.7 Å². The first-order valence-corrected chi connectivity index (χ1v) is 10.8. The lowest BCUT2D eigenvalue weighted by Gasteiger charge is -2.13. The average molecular weight is 421 g/mol. The summed E-state index contributed by atoms with van der Waals surface area (Å²) in [5, 5.41) is 6.62. The number of unbranched alkanes of at least 4 members (excludes halogenated alkanes) is 1. The third-order valence-corrected chi connectivity index (χ3v) is 5.99. The van der Waals surface area contributed by atoms with Crippen LogP contribution in [-0.2, 0) is 13.6 Å². The van der Waals surface area contributed by atoms with Gasteiger partial charge in [-0.05, 0) is 43.1 Å². The Morgan fingerprint density at radius 1 is 0.969 bits per heavy atom. The number of nitrogens with zero attached hydrogens (tertiary/aromatic N) is 5. The van der Waals surface area contributed by atoms with Gasteiger partial charge in [0.2, 0.25) is 0 Å². The van der Waals surface area contributed by atoms with Crippen LogP contribution in [0.25, 0.3) is 49.0 Å². The Labute approximate surface area is 186 Å². The zero-order valence-corrected chi connectivity index (χ0v) is 18.0. The summed E-state index contributed by atoms with van der Waals surface area (Å²) >= 11 is 0. The maximum absolute atomic E-state index is 7.28. The molecule has 0 radical (unpaired) electrons. The number of aryl methyl sites for hydroxylation is 2. The van der Waals surface area contributed by atoms with Gasteiger partial charge in [-0.3, -0.25) is 9.67 Å². The summed E-state index contributed by atoms with van der Waals surface area (Å²) in [5.74, 6) is 0. The third-order valence-electron chi connectivity index (χ3n) is 5.99. The number of hydrogen-bond acceptors (Lipinski definition) is 3. The zero-order valence-electron chi connectivity index (χ0n) is 18.0. The number of nitrogens with two attached hydrogens (primary N) is 1. The van der Waals surface area contributed by atoms with Crippen LogP contribution < -0.4 is 5.73 Å². The summed E-state index contributed by atoms with van der Waals surface area (Å²) < 4.78 is 4.13. The molecule has 5 rings (SSSR count). The fraction of sp³-hybridized carbons (Fsp3) is 0.192. The fourth-order valence-corrected chi connectivity index (χ4v) is 4.30. The van der Waals surface area contributed by atoms with Gasteiger partial charge in [-0.2, -0.15) is 5.10 Å². The first kappa shape index (κ1) is 20.0. The minimum Gasteiger partial charge on any atom is -0.346 e. The summed E-state index contributed by atoms with van der Waals surface area (Å²) in [6, 6.07) is 16.3. The van der Waals surface area contributed by atoms with Gasteiger partial charge in [0.15, 0.2) is 5.69 Å². The second-order valence-corrected chi connectivity index (χ2v) is 7.99. The van der Waals surface area contributed by atoms with Crippen LogP contribution in [0.5, 0.6) is 0 Å². The van der Waals surface area contributed by atoms with Crippen molar-refractivity contribution in [1.82, 2.24) is 19.3 Å². The van der Waals surface area contributed by atoms with Crippen molar-refractivity contribution >= 4 is 27.5 Å². The standard InChI is InChI=1S/C26H24N6/c1-28-21-8-5-18(6-9-21)25-22-11-14-32(13-4-3-12-27)24(22)17-29-26(25)19-7-10-23-20(15-19)16-30-31(23)2/h5-11,14-17H,3-4,12-13,27H2,2H3. The van der Waals surface area contributed by atoms with Crippen molar-refractivity contribution in [2.24, 2.45) is 12.8 Å². The lowest BCUT2D eigenvalue weighted by atomic mass is 9.95. The number of aromatic nitrogens is 4. The highest BCUT2D eigenvalue weighted by Crippen LogP contribution is 2.38. The van der Waals surface area contributed by atoms with Crippen LogP contribution in [0.2, 0.25) is 0 Å². The third kappa shape index (κ3) is 3.43. The molecule has 0 atom stereocenters. The Bertz CT molecular complexity index is 1450. The highest BCUT2D eigenvalue weighted by Gasteiger charge is 2.16. The normalized spacial score (nSPS) is 11.3. The van der Waals surface area contributed by atoms with Gasteiger partial charge >= 0.3 is 0 Å². The van der Waals surface area contributed by atoms with Crippen LogP contribution >= 0.6 is 0 Å². The maximum Gasteiger partial charge on any atom is 0.187 e. The van der Waals surface area contributed by atoms with E-state index in [-0.39, 0.29) is 0 Å². The van der Waals surface area contributed by atoms with E-state index in [2.05, 4.69) is 45.0 Å². The molecular weight excluding hydrogens is 396 g/mol. The van der Waals surface area contributed by atoms with Crippen LogP contribution in [0, 0.1) is 6.57 Å². The van der Waals surface area contributed by atoms with Gasteiger partial charge in [0.25, 0.3) is 0 Å². The Hall–Kier alpha value is -3.95. The number of rotatable bonds is 6. The lowest BCUT2D eigenvalue weighted by molar-refractivity contribution is 0.630. The van der Waals surface area contributed by atoms with Crippen molar-refractivity contribution in [1.29, 1.82) is 0 Å². The van der Waals surface area contributed by atoms with Gasteiger partial charge in [-0.15, -0.1) is 0 Å². The molecule has 6 heteroatoms. The molecule has 2 N–H and O–H groups in total. The molecule has 0 aliphatic carbocycles. The first-order valence-electron chi connectivity index (χ1n) is 10.8. The van der Waals surface area contributed by atoms with Crippen molar-refractivity contribution in [2.75, 3.05) is 6.54 Å². The second-order valence-electron chi connectivity index (χ2n) is 7.99. The Balaban J connectivity index is 1.71. The quantitative estimate of drug-likeness (QED) is 0.289. The van der Waals surface area contributed by atoms with Crippen LogP contribution in [0.4, 0.5) is 5.69 Å². The van der Waals surface area contributed by atoms with E-state index in [1.54, 1.807) is 0 Å². The van der Waals surface area contributed by atoms with Crippen molar-refractivity contribution in [3.05, 3.63) is 78.5 Å². The van der Waals surface area contributed by atoms with E-state index in [0.29, 0.717) is 12.2 Å². The molecule has 0 aliphatic heterocycles. The van der Waals surface area contributed by atoms with Crippen LogP contribution in [0.1, 0.15) is 12.8 Å². The van der Waals surface area contributed by atoms with E-state index in [1.165, 1.54) is 0 Å². The summed E-state index contributed by atoms with van der Waals surface area (Å²) in [6.45, 7) is 8.90. The van der Waals surface area contributed by atoms with Gasteiger partial charge in [0.05, 0.1) is 35.7 Å². The molecule has 0 saturated heterocycles. The maximum atomic E-state index is 7.28. The highest BCUT2D eigenvalue weighted by atomic mass is 15.2. The SMILES string of the molecule is [C-]#[N+]c1ccc(-c2c(-c3ccc4c(cnn4C)c3)ncc3c2ccn3CCCCN)cc1. The molecule has 0 saturated carbocycles. The Kier molecular flexibility index (Phi) is 5.18. The van der Waals surface area contributed by atoms with E-state index in [9.17, 15) is 0 Å². The molecule has 32 heavy (non-hydrogen) atoms. The van der Waals surface area contributed by atoms with Gasteiger partial charge in [-0.25, -0.2) is 4.85 Å². The number of pyridine rings is 1. The molecule has 158 valence electrons. The van der Waals surface area contributed by atoms with Crippen molar-refractivity contribution in [2.45, 2.75) is 19.4 Å². The van der Waals surface area contributed by atoms with Crippen LogP contribution in [0.3, 0.4) is 0 Å². The van der Waals surface area contributed by atoms with E-state index < -0.39 is 0 Å². The smallest absolute Gasteiger partial charge is 0.187 e. The zero-order chi connectivity index (χ0) is 22.1. The van der Waals surface area contributed by atoms with Crippen molar-refractivity contribution in [3.8, 4) is 22.4 Å². The van der Waals surface area contributed by atoms with Gasteiger partial charge < -0.3 is 10.3 Å².